The highest BCUT2D eigenvalue weighted by molar-refractivity contribution is 5.79. The summed E-state index contributed by atoms with van der Waals surface area (Å²) in [4.78, 5) is 4.22. The second-order valence-corrected chi connectivity index (χ2v) is 5.61. The van der Waals surface area contributed by atoms with E-state index in [1.807, 2.05) is 14.0 Å². The highest BCUT2D eigenvalue weighted by atomic mass is 15.3. The zero-order chi connectivity index (χ0) is 15.0. The van der Waals surface area contributed by atoms with Gasteiger partial charge in [-0.2, -0.15) is 5.10 Å². The summed E-state index contributed by atoms with van der Waals surface area (Å²) in [5, 5.41) is 11.1. The average Bonchev–Trinajstić information content (AvgIpc) is 2.70. The Kier molecular flexibility index (Phi) is 7.12. The van der Waals surface area contributed by atoms with Gasteiger partial charge in [0.25, 0.3) is 0 Å². The molecule has 0 amide bonds. The van der Waals surface area contributed by atoms with Crippen LogP contribution in [0.1, 0.15) is 38.1 Å². The Morgan fingerprint density at radius 1 is 1.30 bits per heavy atom. The van der Waals surface area contributed by atoms with Crippen molar-refractivity contribution in [1.82, 2.24) is 20.4 Å². The van der Waals surface area contributed by atoms with Crippen LogP contribution >= 0.6 is 0 Å². The predicted octanol–water partition coefficient (Wildman–Crippen LogP) is 2.10. The van der Waals surface area contributed by atoms with Crippen molar-refractivity contribution in [2.45, 2.75) is 47.1 Å². The molecule has 2 N–H and O–H groups in total. The summed E-state index contributed by atoms with van der Waals surface area (Å²) in [6, 6.07) is 2.11. The molecule has 20 heavy (non-hydrogen) atoms. The Labute approximate surface area is 122 Å². The van der Waals surface area contributed by atoms with Gasteiger partial charge in [-0.25, -0.2) is 0 Å². The molecule has 0 spiro atoms. The van der Waals surface area contributed by atoms with Gasteiger partial charge in [-0.05, 0) is 38.7 Å². The van der Waals surface area contributed by atoms with E-state index in [0.717, 1.165) is 44.1 Å². The third-order valence-electron chi connectivity index (χ3n) is 3.18. The van der Waals surface area contributed by atoms with Crippen LogP contribution < -0.4 is 10.6 Å². The van der Waals surface area contributed by atoms with Gasteiger partial charge < -0.3 is 10.6 Å². The molecule has 0 bridgehead atoms. The van der Waals surface area contributed by atoms with E-state index in [1.54, 1.807) is 0 Å². The van der Waals surface area contributed by atoms with Crippen molar-refractivity contribution in [2.75, 3.05) is 20.1 Å². The molecule has 0 aliphatic heterocycles. The third-order valence-corrected chi connectivity index (χ3v) is 3.18. The first-order valence-electron chi connectivity index (χ1n) is 7.48. The molecular formula is C15H29N5. The minimum absolute atomic E-state index is 0.714. The highest BCUT2D eigenvalue weighted by Crippen LogP contribution is 2.02. The van der Waals surface area contributed by atoms with E-state index >= 15 is 0 Å². The number of aliphatic imine (C=N–C) groups is 1. The van der Waals surface area contributed by atoms with Crippen molar-refractivity contribution in [3.63, 3.8) is 0 Å². The molecule has 0 saturated carbocycles. The fourth-order valence-corrected chi connectivity index (χ4v) is 2.04. The predicted molar refractivity (Wildman–Crippen MR) is 85.1 cm³/mol. The van der Waals surface area contributed by atoms with Crippen molar-refractivity contribution in [3.05, 3.63) is 17.5 Å². The molecule has 0 aliphatic rings. The molecule has 1 aromatic rings. The first-order chi connectivity index (χ1) is 9.52. The van der Waals surface area contributed by atoms with Gasteiger partial charge in [0.05, 0.1) is 5.69 Å². The maximum Gasteiger partial charge on any atom is 0.190 e. The van der Waals surface area contributed by atoms with Gasteiger partial charge in [0, 0.05) is 32.4 Å². The monoisotopic (exact) mass is 279 g/mol. The standard InChI is InChI=1S/C15H29N5/c1-12(2)7-9-18-15(16-5)17-8-6-10-20-14(4)11-13(3)19-20/h11-12H,6-10H2,1-5H3,(H2,16,17,18). The second-order valence-electron chi connectivity index (χ2n) is 5.61. The molecular weight excluding hydrogens is 250 g/mol. The van der Waals surface area contributed by atoms with Gasteiger partial charge in [0.1, 0.15) is 0 Å². The van der Waals surface area contributed by atoms with Crippen LogP contribution in [0.3, 0.4) is 0 Å². The largest absolute Gasteiger partial charge is 0.356 e. The van der Waals surface area contributed by atoms with Crippen LogP contribution in [0.2, 0.25) is 0 Å². The average molecular weight is 279 g/mol. The quantitative estimate of drug-likeness (QED) is 0.456. The molecule has 1 rings (SSSR count). The Bertz CT molecular complexity index is 420. The SMILES string of the molecule is CN=C(NCCCn1nc(C)cc1C)NCCC(C)C. The second kappa shape index (κ2) is 8.61. The lowest BCUT2D eigenvalue weighted by atomic mass is 10.1. The first kappa shape index (κ1) is 16.5. The van der Waals surface area contributed by atoms with Crippen LogP contribution in [0.5, 0.6) is 0 Å². The summed E-state index contributed by atoms with van der Waals surface area (Å²) in [5.74, 6) is 1.60. The van der Waals surface area contributed by atoms with Gasteiger partial charge in [-0.3, -0.25) is 9.67 Å². The molecule has 1 aromatic heterocycles. The van der Waals surface area contributed by atoms with Gasteiger partial charge in [-0.1, -0.05) is 13.8 Å². The highest BCUT2D eigenvalue weighted by Gasteiger charge is 2.01. The van der Waals surface area contributed by atoms with E-state index in [-0.39, 0.29) is 0 Å². The van der Waals surface area contributed by atoms with E-state index in [0.29, 0.717) is 5.92 Å². The van der Waals surface area contributed by atoms with Crippen molar-refractivity contribution >= 4 is 5.96 Å². The lowest BCUT2D eigenvalue weighted by Gasteiger charge is -2.13. The Balaban J connectivity index is 2.20. The summed E-state index contributed by atoms with van der Waals surface area (Å²) >= 11 is 0. The summed E-state index contributed by atoms with van der Waals surface area (Å²) in [7, 11) is 1.81. The number of nitrogens with one attached hydrogen (secondary N) is 2. The maximum absolute atomic E-state index is 4.46. The van der Waals surface area contributed by atoms with Crippen LogP contribution in [-0.4, -0.2) is 35.9 Å². The number of hydrogen-bond acceptors (Lipinski definition) is 2. The van der Waals surface area contributed by atoms with E-state index in [2.05, 4.69) is 52.2 Å². The third kappa shape index (κ3) is 6.08. The van der Waals surface area contributed by atoms with Gasteiger partial charge in [0.2, 0.25) is 0 Å². The van der Waals surface area contributed by atoms with Crippen LogP contribution in [0.15, 0.2) is 11.1 Å². The smallest absolute Gasteiger partial charge is 0.190 e. The van der Waals surface area contributed by atoms with Gasteiger partial charge in [0.15, 0.2) is 5.96 Å². The maximum atomic E-state index is 4.46. The van der Waals surface area contributed by atoms with Crippen molar-refractivity contribution in [3.8, 4) is 0 Å². The van der Waals surface area contributed by atoms with E-state index in [4.69, 9.17) is 0 Å². The number of aromatic nitrogens is 2. The number of rotatable bonds is 7. The molecule has 5 nitrogen and oxygen atoms in total. The number of nitrogens with zero attached hydrogens (tertiary/aromatic N) is 3. The Morgan fingerprint density at radius 2 is 2.00 bits per heavy atom. The van der Waals surface area contributed by atoms with E-state index in [9.17, 15) is 0 Å². The molecule has 114 valence electrons. The van der Waals surface area contributed by atoms with Crippen LogP contribution in [0.25, 0.3) is 0 Å². The van der Waals surface area contributed by atoms with Gasteiger partial charge >= 0.3 is 0 Å². The van der Waals surface area contributed by atoms with Crippen LogP contribution in [0.4, 0.5) is 0 Å². The first-order valence-corrected chi connectivity index (χ1v) is 7.48. The molecule has 0 radical (unpaired) electrons. The Morgan fingerprint density at radius 3 is 2.55 bits per heavy atom. The number of hydrogen-bond donors (Lipinski definition) is 2. The molecule has 0 unspecified atom stereocenters. The molecule has 0 atom stereocenters. The summed E-state index contributed by atoms with van der Waals surface area (Å²) in [5.41, 5.74) is 2.31. The Hall–Kier alpha value is -1.52. The summed E-state index contributed by atoms with van der Waals surface area (Å²) in [6.07, 6.45) is 2.19. The summed E-state index contributed by atoms with van der Waals surface area (Å²) < 4.78 is 2.06. The topological polar surface area (TPSA) is 54.2 Å². The lowest BCUT2D eigenvalue weighted by Crippen LogP contribution is -2.38. The lowest BCUT2D eigenvalue weighted by molar-refractivity contribution is 0.550. The molecule has 0 fully saturated rings. The molecule has 0 aliphatic carbocycles. The molecule has 0 saturated heterocycles. The van der Waals surface area contributed by atoms with E-state index in [1.165, 1.54) is 5.69 Å². The molecule has 1 heterocycles. The number of guanidine groups is 1. The van der Waals surface area contributed by atoms with Crippen LogP contribution in [-0.2, 0) is 6.54 Å². The fourth-order valence-electron chi connectivity index (χ4n) is 2.04. The summed E-state index contributed by atoms with van der Waals surface area (Å²) in [6.45, 7) is 11.4. The fraction of sp³-hybridized carbons (Fsp3) is 0.733. The van der Waals surface area contributed by atoms with E-state index < -0.39 is 0 Å². The zero-order valence-corrected chi connectivity index (χ0v) is 13.5. The van der Waals surface area contributed by atoms with Crippen molar-refractivity contribution in [2.24, 2.45) is 10.9 Å². The normalized spacial score (nSPS) is 12.0. The van der Waals surface area contributed by atoms with Crippen molar-refractivity contribution < 1.29 is 0 Å². The number of aryl methyl sites for hydroxylation is 3. The van der Waals surface area contributed by atoms with Crippen LogP contribution in [0, 0.1) is 19.8 Å². The molecule has 5 heteroatoms. The minimum atomic E-state index is 0.714. The van der Waals surface area contributed by atoms with Gasteiger partial charge in [-0.15, -0.1) is 0 Å². The zero-order valence-electron chi connectivity index (χ0n) is 13.5. The minimum Gasteiger partial charge on any atom is -0.356 e. The van der Waals surface area contributed by atoms with Crippen molar-refractivity contribution in [1.29, 1.82) is 0 Å². The molecule has 0 aromatic carbocycles.